The summed E-state index contributed by atoms with van der Waals surface area (Å²) < 4.78 is 2.41. The molecule has 3 aromatic heterocycles. The molecular formula is C33H32N2O3. The lowest BCUT2D eigenvalue weighted by atomic mass is 9.93. The fraction of sp³-hybridized carbons (Fsp3) is 0.242. The summed E-state index contributed by atoms with van der Waals surface area (Å²) in [6.45, 7) is 7.39. The summed E-state index contributed by atoms with van der Waals surface area (Å²) in [5, 5.41) is 35.3. The van der Waals surface area contributed by atoms with Gasteiger partial charge in [0.2, 0.25) is 0 Å². The highest BCUT2D eigenvalue weighted by molar-refractivity contribution is 6.03. The Bertz CT molecular complexity index is 1870. The molecule has 0 spiro atoms. The summed E-state index contributed by atoms with van der Waals surface area (Å²) in [6.07, 6.45) is 6.77. The number of benzene rings is 2. The maximum Gasteiger partial charge on any atom is 0.196 e. The Kier molecular flexibility index (Phi) is 5.68. The van der Waals surface area contributed by atoms with Crippen molar-refractivity contribution >= 4 is 33.4 Å². The molecule has 1 aliphatic rings. The number of aliphatic hydroxyl groups is 3. The molecular weight excluding hydrogens is 472 g/mol. The fourth-order valence-corrected chi connectivity index (χ4v) is 5.91. The molecule has 0 aliphatic heterocycles. The number of aromatic nitrogens is 2. The highest BCUT2D eigenvalue weighted by atomic mass is 16.3. The zero-order valence-electron chi connectivity index (χ0n) is 22.2. The largest absolute Gasteiger partial charge is 0.508 e. The monoisotopic (exact) mass is 504 g/mol. The third-order valence-electron chi connectivity index (χ3n) is 8.23. The van der Waals surface area contributed by atoms with Crippen LogP contribution in [0.2, 0.25) is 0 Å². The van der Waals surface area contributed by atoms with Crippen molar-refractivity contribution in [2.24, 2.45) is 0 Å². The normalized spacial score (nSPS) is 15.5. The number of fused-ring (bicyclic) bond motifs is 6. The summed E-state index contributed by atoms with van der Waals surface area (Å²) >= 11 is 0. The summed E-state index contributed by atoms with van der Waals surface area (Å²) in [5.41, 5.74) is 9.48. The van der Waals surface area contributed by atoms with E-state index in [9.17, 15) is 15.3 Å². The van der Waals surface area contributed by atoms with E-state index in [0.717, 1.165) is 35.2 Å². The molecule has 0 bridgehead atoms. The average Bonchev–Trinajstić information content (AvgIpc) is 3.47. The molecule has 192 valence electrons. The summed E-state index contributed by atoms with van der Waals surface area (Å²) in [4.78, 5) is 4.75. The smallest absolute Gasteiger partial charge is 0.196 e. The molecule has 0 saturated carbocycles. The molecule has 2 aromatic carbocycles. The molecule has 1 aliphatic carbocycles. The van der Waals surface area contributed by atoms with E-state index < -0.39 is 11.7 Å². The highest BCUT2D eigenvalue weighted by Crippen LogP contribution is 2.36. The molecule has 6 rings (SSSR count). The number of hydrogen-bond donors (Lipinski definition) is 3. The van der Waals surface area contributed by atoms with Crippen LogP contribution < -0.4 is 5.22 Å². The topological polar surface area (TPSA) is 78.0 Å². The first-order valence-corrected chi connectivity index (χ1v) is 13.3. The van der Waals surface area contributed by atoms with Gasteiger partial charge >= 0.3 is 0 Å². The summed E-state index contributed by atoms with van der Waals surface area (Å²) in [7, 11) is 0. The quantitative estimate of drug-likeness (QED) is 0.169. The van der Waals surface area contributed by atoms with Crippen LogP contribution in [0.1, 0.15) is 56.2 Å². The Morgan fingerprint density at radius 3 is 2.53 bits per heavy atom. The van der Waals surface area contributed by atoms with Crippen molar-refractivity contribution in [1.82, 2.24) is 9.38 Å². The molecule has 1 atom stereocenters. The van der Waals surface area contributed by atoms with E-state index in [1.807, 2.05) is 19.9 Å². The van der Waals surface area contributed by atoms with Crippen molar-refractivity contribution in [3.8, 4) is 11.3 Å². The van der Waals surface area contributed by atoms with Gasteiger partial charge in [-0.15, -0.1) is 0 Å². The predicted molar refractivity (Wildman–Crippen MR) is 155 cm³/mol. The molecule has 5 aromatic rings. The van der Waals surface area contributed by atoms with Crippen molar-refractivity contribution in [2.45, 2.75) is 52.9 Å². The minimum atomic E-state index is -0.518. The second-order valence-corrected chi connectivity index (χ2v) is 10.4. The number of para-hydroxylation sites is 1. The summed E-state index contributed by atoms with van der Waals surface area (Å²) in [6, 6.07) is 17.3. The van der Waals surface area contributed by atoms with Gasteiger partial charge in [0, 0.05) is 33.7 Å². The molecule has 0 fully saturated rings. The number of allylic oxidation sites excluding steroid dienone is 2. The van der Waals surface area contributed by atoms with Crippen molar-refractivity contribution in [3.05, 3.63) is 99.5 Å². The van der Waals surface area contributed by atoms with E-state index in [1.54, 1.807) is 20.0 Å². The van der Waals surface area contributed by atoms with E-state index >= 15 is 0 Å². The third kappa shape index (κ3) is 3.49. The number of aryl methyl sites for hydroxylation is 2. The SMILES string of the molecule is CC/C(C)=C(O)\C(O)=C(\O)C(C)c1cnc(-c2ccc3c(c2)c2c4c(c5ccccc5n43)=CCC2)cc1C. The first-order valence-electron chi connectivity index (χ1n) is 13.3. The van der Waals surface area contributed by atoms with Crippen LogP contribution >= 0.6 is 0 Å². The zero-order chi connectivity index (χ0) is 26.7. The zero-order valence-corrected chi connectivity index (χ0v) is 22.2. The van der Waals surface area contributed by atoms with Crippen LogP contribution in [0.3, 0.4) is 0 Å². The van der Waals surface area contributed by atoms with Crippen molar-refractivity contribution < 1.29 is 15.3 Å². The van der Waals surface area contributed by atoms with Gasteiger partial charge in [-0.3, -0.25) is 4.98 Å². The summed E-state index contributed by atoms with van der Waals surface area (Å²) in [5.74, 6) is -1.52. The van der Waals surface area contributed by atoms with E-state index in [1.165, 1.54) is 38.1 Å². The Morgan fingerprint density at radius 1 is 1.00 bits per heavy atom. The van der Waals surface area contributed by atoms with E-state index in [2.05, 4.69) is 52.9 Å². The van der Waals surface area contributed by atoms with Crippen molar-refractivity contribution in [2.75, 3.05) is 0 Å². The van der Waals surface area contributed by atoms with Gasteiger partial charge in [-0.25, -0.2) is 0 Å². The van der Waals surface area contributed by atoms with Gasteiger partial charge in [0.05, 0.1) is 22.2 Å². The Hall–Kier alpha value is -4.25. The van der Waals surface area contributed by atoms with E-state index in [0.29, 0.717) is 12.0 Å². The van der Waals surface area contributed by atoms with Crippen LogP contribution in [-0.4, -0.2) is 24.7 Å². The van der Waals surface area contributed by atoms with Crippen LogP contribution in [-0.2, 0) is 6.42 Å². The van der Waals surface area contributed by atoms with Gasteiger partial charge in [-0.2, -0.15) is 0 Å². The van der Waals surface area contributed by atoms with Crippen molar-refractivity contribution in [3.63, 3.8) is 0 Å². The lowest BCUT2D eigenvalue weighted by Crippen LogP contribution is -2.07. The van der Waals surface area contributed by atoms with E-state index in [4.69, 9.17) is 4.98 Å². The van der Waals surface area contributed by atoms with Crippen LogP contribution in [0.25, 0.3) is 44.7 Å². The number of pyridine rings is 1. The highest BCUT2D eigenvalue weighted by Gasteiger charge is 2.22. The molecule has 0 saturated heterocycles. The van der Waals surface area contributed by atoms with Gasteiger partial charge < -0.3 is 19.7 Å². The number of aliphatic hydroxyl groups excluding tert-OH is 3. The Morgan fingerprint density at radius 2 is 1.76 bits per heavy atom. The molecule has 0 radical (unpaired) electrons. The first kappa shape index (κ1) is 24.1. The van der Waals surface area contributed by atoms with Crippen molar-refractivity contribution in [1.29, 1.82) is 0 Å². The minimum absolute atomic E-state index is 0.263. The van der Waals surface area contributed by atoms with Gasteiger partial charge in [-0.1, -0.05) is 44.2 Å². The van der Waals surface area contributed by atoms with Gasteiger partial charge in [0.15, 0.2) is 11.5 Å². The maximum atomic E-state index is 10.7. The second kappa shape index (κ2) is 8.95. The third-order valence-corrected chi connectivity index (χ3v) is 8.23. The van der Waals surface area contributed by atoms with Gasteiger partial charge in [0.1, 0.15) is 5.76 Å². The minimum Gasteiger partial charge on any atom is -0.508 e. The average molecular weight is 505 g/mol. The predicted octanol–water partition coefficient (Wildman–Crippen LogP) is 7.73. The number of rotatable bonds is 5. The molecule has 1 unspecified atom stereocenters. The second-order valence-electron chi connectivity index (χ2n) is 10.4. The molecule has 3 N–H and O–H groups in total. The molecule has 0 amide bonds. The number of nitrogens with zero attached hydrogens (tertiary/aromatic N) is 2. The number of hydrogen-bond acceptors (Lipinski definition) is 4. The molecule has 38 heavy (non-hydrogen) atoms. The lowest BCUT2D eigenvalue weighted by molar-refractivity contribution is 0.267. The standard InChI is InChI=1S/C33H32N2O3/c1-5-18(2)31(36)33(38)32(37)20(4)26-17-34-27(15-19(26)3)21-13-14-29-25(16-21)24-11-8-10-23-22-9-6-7-12-28(22)35(29)30(23)24/h6-7,9-10,12-17,20,36-38H,5,8,11H2,1-4H3/b31-18+,33-32-. The molecule has 5 heteroatoms. The van der Waals surface area contributed by atoms with Crippen LogP contribution in [0.4, 0.5) is 0 Å². The molecule has 5 nitrogen and oxygen atoms in total. The lowest BCUT2D eigenvalue weighted by Gasteiger charge is -2.17. The van der Waals surface area contributed by atoms with Crippen LogP contribution in [0, 0.1) is 6.92 Å². The van der Waals surface area contributed by atoms with Crippen LogP contribution in [0.5, 0.6) is 0 Å². The first-order chi connectivity index (χ1) is 18.3. The van der Waals surface area contributed by atoms with Gasteiger partial charge in [0.25, 0.3) is 0 Å². The Balaban J connectivity index is 1.43. The Labute approximate surface area is 221 Å². The van der Waals surface area contributed by atoms with Gasteiger partial charge in [-0.05, 0) is 79.6 Å². The fourth-order valence-electron chi connectivity index (χ4n) is 5.91. The van der Waals surface area contributed by atoms with Crippen LogP contribution in [0.15, 0.2) is 77.6 Å². The van der Waals surface area contributed by atoms with E-state index in [-0.39, 0.29) is 11.5 Å². The molecule has 3 heterocycles. The maximum absolute atomic E-state index is 10.7.